The molecule has 1 atom stereocenters. The van der Waals surface area contributed by atoms with Gasteiger partial charge in [-0.1, -0.05) is 6.08 Å². The second-order valence-corrected chi connectivity index (χ2v) is 4.81. The number of nitrogens with zero attached hydrogens (tertiary/aromatic N) is 1. The van der Waals surface area contributed by atoms with Crippen molar-refractivity contribution in [3.05, 3.63) is 28.7 Å². The van der Waals surface area contributed by atoms with Crippen LogP contribution >= 0.6 is 11.3 Å². The van der Waals surface area contributed by atoms with Crippen LogP contribution in [0.3, 0.4) is 0 Å². The summed E-state index contributed by atoms with van der Waals surface area (Å²) in [7, 11) is 0. The highest BCUT2D eigenvalue weighted by atomic mass is 32.1. The number of allylic oxidation sites excluding steroid dienone is 1. The van der Waals surface area contributed by atoms with E-state index in [2.05, 4.69) is 4.98 Å². The lowest BCUT2D eigenvalue weighted by Gasteiger charge is -2.30. The van der Waals surface area contributed by atoms with E-state index in [4.69, 9.17) is 0 Å². The predicted octanol–water partition coefficient (Wildman–Crippen LogP) is 2.40. The van der Waals surface area contributed by atoms with E-state index in [1.165, 1.54) is 17.4 Å². The summed E-state index contributed by atoms with van der Waals surface area (Å²) in [6.07, 6.45) is 3.84. The van der Waals surface area contributed by atoms with E-state index in [0.717, 1.165) is 11.0 Å². The lowest BCUT2D eigenvalue weighted by Crippen LogP contribution is -2.35. The fraction of sp³-hybridized carbons (Fsp3) is 0.500. The first-order valence-corrected chi connectivity index (χ1v) is 5.55. The van der Waals surface area contributed by atoms with Crippen LogP contribution in [0.15, 0.2) is 23.9 Å². The Labute approximate surface area is 90.3 Å². The SMILES string of the molecule is OC1(Cc2cncs2)C=CC(F)(F)CC1. The second-order valence-electron chi connectivity index (χ2n) is 3.84. The van der Waals surface area contributed by atoms with E-state index in [1.54, 1.807) is 11.7 Å². The molecule has 5 heteroatoms. The molecule has 15 heavy (non-hydrogen) atoms. The van der Waals surface area contributed by atoms with Gasteiger partial charge in [0.15, 0.2) is 0 Å². The van der Waals surface area contributed by atoms with Gasteiger partial charge in [0.25, 0.3) is 5.92 Å². The normalized spacial score (nSPS) is 29.3. The fourth-order valence-electron chi connectivity index (χ4n) is 1.61. The van der Waals surface area contributed by atoms with Crippen LogP contribution < -0.4 is 0 Å². The predicted molar refractivity (Wildman–Crippen MR) is 54.1 cm³/mol. The molecule has 1 heterocycles. The zero-order chi connectivity index (χ0) is 10.9. The van der Waals surface area contributed by atoms with Crippen molar-refractivity contribution in [3.8, 4) is 0 Å². The van der Waals surface area contributed by atoms with Crippen molar-refractivity contribution in [1.29, 1.82) is 0 Å². The highest BCUT2D eigenvalue weighted by Gasteiger charge is 2.37. The quantitative estimate of drug-likeness (QED) is 0.793. The summed E-state index contributed by atoms with van der Waals surface area (Å²) in [5.41, 5.74) is 0.536. The molecule has 1 aromatic rings. The summed E-state index contributed by atoms with van der Waals surface area (Å²) in [5.74, 6) is -2.76. The van der Waals surface area contributed by atoms with Crippen LogP contribution in [0.1, 0.15) is 17.7 Å². The summed E-state index contributed by atoms with van der Waals surface area (Å²) < 4.78 is 25.6. The van der Waals surface area contributed by atoms with Crippen LogP contribution in [0.2, 0.25) is 0 Å². The number of aromatic nitrogens is 1. The lowest BCUT2D eigenvalue weighted by molar-refractivity contribution is -0.0111. The van der Waals surface area contributed by atoms with E-state index in [-0.39, 0.29) is 12.8 Å². The summed E-state index contributed by atoms with van der Waals surface area (Å²) >= 11 is 1.42. The minimum absolute atomic E-state index is 0.0917. The highest BCUT2D eigenvalue weighted by Crippen LogP contribution is 2.34. The zero-order valence-corrected chi connectivity index (χ0v) is 8.81. The van der Waals surface area contributed by atoms with Crippen LogP contribution in [-0.2, 0) is 6.42 Å². The van der Waals surface area contributed by atoms with Crippen molar-refractivity contribution in [2.24, 2.45) is 0 Å². The molecular weight excluding hydrogens is 220 g/mol. The molecule has 0 aromatic carbocycles. The molecule has 0 radical (unpaired) electrons. The van der Waals surface area contributed by atoms with Gasteiger partial charge >= 0.3 is 0 Å². The summed E-state index contributed by atoms with van der Waals surface area (Å²) in [4.78, 5) is 4.79. The number of hydrogen-bond acceptors (Lipinski definition) is 3. The molecule has 0 saturated carbocycles. The Hall–Kier alpha value is -0.810. The average Bonchev–Trinajstić information content (AvgIpc) is 2.64. The molecular formula is C10H11F2NOS. The van der Waals surface area contributed by atoms with Crippen LogP contribution in [0.4, 0.5) is 8.78 Å². The maximum absolute atomic E-state index is 12.8. The van der Waals surface area contributed by atoms with Crippen molar-refractivity contribution in [1.82, 2.24) is 4.98 Å². The number of alkyl halides is 2. The molecule has 1 aromatic heterocycles. The Morgan fingerprint density at radius 3 is 2.73 bits per heavy atom. The third-order valence-corrected chi connectivity index (χ3v) is 3.27. The van der Waals surface area contributed by atoms with E-state index >= 15 is 0 Å². The van der Waals surface area contributed by atoms with Gasteiger partial charge in [-0.05, 0) is 12.5 Å². The largest absolute Gasteiger partial charge is 0.385 e. The minimum atomic E-state index is -2.76. The first kappa shape index (κ1) is 10.7. The standard InChI is InChI=1S/C10H11F2NOS/c11-10(12)3-1-9(14,2-4-10)5-8-6-13-7-15-8/h1,3,6-7,14H,2,4-5H2. The molecule has 0 saturated heterocycles. The Bertz CT molecular complexity index is 364. The Morgan fingerprint density at radius 1 is 1.40 bits per heavy atom. The zero-order valence-electron chi connectivity index (χ0n) is 7.99. The second kappa shape index (κ2) is 3.64. The van der Waals surface area contributed by atoms with Crippen molar-refractivity contribution in [2.75, 3.05) is 0 Å². The number of thiazole rings is 1. The van der Waals surface area contributed by atoms with E-state index in [1.807, 2.05) is 0 Å². The van der Waals surface area contributed by atoms with Gasteiger partial charge in [0.1, 0.15) is 0 Å². The monoisotopic (exact) mass is 231 g/mol. The average molecular weight is 231 g/mol. The molecule has 1 N–H and O–H groups in total. The molecule has 82 valence electrons. The Kier molecular flexibility index (Phi) is 2.60. The van der Waals surface area contributed by atoms with Crippen molar-refractivity contribution >= 4 is 11.3 Å². The summed E-state index contributed by atoms with van der Waals surface area (Å²) in [5, 5.41) is 10.0. The molecule has 2 rings (SSSR count). The van der Waals surface area contributed by atoms with Crippen molar-refractivity contribution < 1.29 is 13.9 Å². The Balaban J connectivity index is 2.09. The fourth-order valence-corrected chi connectivity index (χ4v) is 2.32. The van der Waals surface area contributed by atoms with Crippen LogP contribution in [0.25, 0.3) is 0 Å². The van der Waals surface area contributed by atoms with Gasteiger partial charge in [-0.25, -0.2) is 8.78 Å². The first-order chi connectivity index (χ1) is 6.99. The van der Waals surface area contributed by atoms with Crippen LogP contribution in [-0.4, -0.2) is 21.6 Å². The lowest BCUT2D eigenvalue weighted by atomic mass is 9.86. The van der Waals surface area contributed by atoms with Gasteiger partial charge in [0, 0.05) is 23.9 Å². The topological polar surface area (TPSA) is 33.1 Å². The van der Waals surface area contributed by atoms with Crippen LogP contribution in [0.5, 0.6) is 0 Å². The number of aliphatic hydroxyl groups is 1. The molecule has 0 aliphatic heterocycles. The first-order valence-electron chi connectivity index (χ1n) is 4.67. The number of rotatable bonds is 2. The van der Waals surface area contributed by atoms with Gasteiger partial charge in [-0.2, -0.15) is 0 Å². The number of halogens is 2. The molecule has 0 amide bonds. The van der Waals surface area contributed by atoms with Crippen LogP contribution in [0, 0.1) is 0 Å². The van der Waals surface area contributed by atoms with Crippen molar-refractivity contribution in [2.45, 2.75) is 30.8 Å². The van der Waals surface area contributed by atoms with Crippen molar-refractivity contribution in [3.63, 3.8) is 0 Å². The summed E-state index contributed by atoms with van der Waals surface area (Å²) in [6, 6.07) is 0. The third-order valence-electron chi connectivity index (χ3n) is 2.49. The molecule has 2 nitrogen and oxygen atoms in total. The molecule has 1 aliphatic carbocycles. The van der Waals surface area contributed by atoms with Gasteiger partial charge in [-0.15, -0.1) is 11.3 Å². The minimum Gasteiger partial charge on any atom is -0.385 e. The van der Waals surface area contributed by atoms with E-state index in [0.29, 0.717) is 6.42 Å². The molecule has 1 aliphatic rings. The number of hydrogen-bond donors (Lipinski definition) is 1. The molecule has 0 spiro atoms. The van der Waals surface area contributed by atoms with Gasteiger partial charge in [-0.3, -0.25) is 4.98 Å². The molecule has 0 bridgehead atoms. The molecule has 1 unspecified atom stereocenters. The Morgan fingerprint density at radius 2 is 2.20 bits per heavy atom. The molecule has 0 fully saturated rings. The van der Waals surface area contributed by atoms with E-state index < -0.39 is 11.5 Å². The maximum Gasteiger partial charge on any atom is 0.266 e. The van der Waals surface area contributed by atoms with Gasteiger partial charge in [0.2, 0.25) is 0 Å². The highest BCUT2D eigenvalue weighted by molar-refractivity contribution is 7.09. The third kappa shape index (κ3) is 2.60. The smallest absolute Gasteiger partial charge is 0.266 e. The van der Waals surface area contributed by atoms with Gasteiger partial charge in [0.05, 0.1) is 11.1 Å². The van der Waals surface area contributed by atoms with E-state index in [9.17, 15) is 13.9 Å². The summed E-state index contributed by atoms with van der Waals surface area (Å²) in [6.45, 7) is 0. The van der Waals surface area contributed by atoms with Gasteiger partial charge < -0.3 is 5.11 Å². The maximum atomic E-state index is 12.8.